The minimum atomic E-state index is -0.628. The Morgan fingerprint density at radius 2 is 2.00 bits per heavy atom. The maximum atomic E-state index is 11.4. The Hall–Kier alpha value is -2.17. The van der Waals surface area contributed by atoms with Crippen LogP contribution < -0.4 is 5.32 Å². The van der Waals surface area contributed by atoms with E-state index in [1.807, 2.05) is 0 Å². The van der Waals surface area contributed by atoms with E-state index in [1.165, 1.54) is 25.3 Å². The van der Waals surface area contributed by atoms with E-state index in [-0.39, 0.29) is 16.7 Å². The standard InChI is InChI=1S/C10H7NO4/c1-15-10(14)6-4-2-3-5-7(6)9(13)11-8(5)12/h2-4H,1H3,(H,11,12,13). The van der Waals surface area contributed by atoms with Crippen molar-refractivity contribution in [1.82, 2.24) is 5.32 Å². The second-order valence-electron chi connectivity index (χ2n) is 3.00. The van der Waals surface area contributed by atoms with Gasteiger partial charge in [0.1, 0.15) is 0 Å². The summed E-state index contributed by atoms with van der Waals surface area (Å²) in [6.45, 7) is 0. The van der Waals surface area contributed by atoms with Gasteiger partial charge >= 0.3 is 5.97 Å². The first-order valence-corrected chi connectivity index (χ1v) is 4.22. The number of imide groups is 1. The smallest absolute Gasteiger partial charge is 0.338 e. The van der Waals surface area contributed by atoms with Crippen LogP contribution in [0.1, 0.15) is 31.1 Å². The van der Waals surface area contributed by atoms with E-state index in [0.29, 0.717) is 0 Å². The Kier molecular flexibility index (Phi) is 2.00. The number of carbonyl (C=O) groups excluding carboxylic acids is 3. The van der Waals surface area contributed by atoms with E-state index in [9.17, 15) is 14.4 Å². The number of amides is 2. The molecule has 5 heteroatoms. The molecule has 0 saturated carbocycles. The van der Waals surface area contributed by atoms with Crippen molar-refractivity contribution in [3.8, 4) is 0 Å². The third-order valence-electron chi connectivity index (χ3n) is 2.17. The highest BCUT2D eigenvalue weighted by molar-refractivity contribution is 6.24. The topological polar surface area (TPSA) is 72.5 Å². The average molecular weight is 205 g/mol. The van der Waals surface area contributed by atoms with Crippen molar-refractivity contribution in [2.45, 2.75) is 0 Å². The first kappa shape index (κ1) is 9.39. The van der Waals surface area contributed by atoms with E-state index < -0.39 is 17.8 Å². The molecule has 0 saturated heterocycles. The molecular formula is C10H7NO4. The molecule has 1 N–H and O–H groups in total. The fraction of sp³-hybridized carbons (Fsp3) is 0.100. The van der Waals surface area contributed by atoms with Gasteiger partial charge in [0.15, 0.2) is 0 Å². The van der Waals surface area contributed by atoms with Crippen LogP contribution in [0.4, 0.5) is 0 Å². The van der Waals surface area contributed by atoms with Crippen LogP contribution in [-0.4, -0.2) is 24.9 Å². The number of methoxy groups -OCH3 is 1. The Morgan fingerprint density at radius 1 is 1.27 bits per heavy atom. The highest BCUT2D eigenvalue weighted by Crippen LogP contribution is 2.20. The van der Waals surface area contributed by atoms with E-state index in [1.54, 1.807) is 0 Å². The van der Waals surface area contributed by atoms with Crippen LogP contribution in [0.2, 0.25) is 0 Å². The van der Waals surface area contributed by atoms with E-state index >= 15 is 0 Å². The molecule has 1 heterocycles. The summed E-state index contributed by atoms with van der Waals surface area (Å²) >= 11 is 0. The Labute approximate surface area is 85.0 Å². The van der Waals surface area contributed by atoms with Crippen LogP contribution in [0, 0.1) is 0 Å². The lowest BCUT2D eigenvalue weighted by atomic mass is 10.0. The monoisotopic (exact) mass is 205 g/mol. The van der Waals surface area contributed by atoms with Gasteiger partial charge in [-0.2, -0.15) is 0 Å². The van der Waals surface area contributed by atoms with Crippen molar-refractivity contribution in [3.63, 3.8) is 0 Å². The van der Waals surface area contributed by atoms with Gasteiger partial charge in [0.05, 0.1) is 23.8 Å². The van der Waals surface area contributed by atoms with Gasteiger partial charge in [-0.05, 0) is 12.1 Å². The zero-order valence-corrected chi connectivity index (χ0v) is 7.87. The number of benzene rings is 1. The summed E-state index contributed by atoms with van der Waals surface area (Å²) in [6, 6.07) is 4.47. The van der Waals surface area contributed by atoms with Crippen LogP contribution in [0.15, 0.2) is 18.2 Å². The second kappa shape index (κ2) is 3.20. The second-order valence-corrected chi connectivity index (χ2v) is 3.00. The predicted octanol–water partition coefficient (Wildman–Crippen LogP) is 0.357. The summed E-state index contributed by atoms with van der Waals surface area (Å²) in [4.78, 5) is 33.9. The zero-order chi connectivity index (χ0) is 11.0. The zero-order valence-electron chi connectivity index (χ0n) is 7.87. The molecule has 1 aliphatic rings. The van der Waals surface area contributed by atoms with E-state index in [2.05, 4.69) is 10.1 Å². The van der Waals surface area contributed by atoms with Gasteiger partial charge in [0.25, 0.3) is 11.8 Å². The number of fused-ring (bicyclic) bond motifs is 1. The van der Waals surface area contributed by atoms with Gasteiger partial charge in [0, 0.05) is 0 Å². The number of hydrogen-bond acceptors (Lipinski definition) is 4. The lowest BCUT2D eigenvalue weighted by Gasteiger charge is -2.02. The summed E-state index contributed by atoms with van der Waals surface area (Å²) in [5.41, 5.74) is 0.413. The van der Waals surface area contributed by atoms with Crippen molar-refractivity contribution < 1.29 is 19.1 Å². The van der Waals surface area contributed by atoms with Crippen LogP contribution >= 0.6 is 0 Å². The molecule has 0 aromatic heterocycles. The highest BCUT2D eigenvalue weighted by Gasteiger charge is 2.31. The van der Waals surface area contributed by atoms with Gasteiger partial charge in [-0.25, -0.2) is 4.79 Å². The Morgan fingerprint density at radius 3 is 2.67 bits per heavy atom. The first-order valence-electron chi connectivity index (χ1n) is 4.22. The molecule has 2 rings (SSSR count). The summed E-state index contributed by atoms with van der Waals surface area (Å²) in [5, 5.41) is 2.12. The third kappa shape index (κ3) is 1.28. The maximum Gasteiger partial charge on any atom is 0.338 e. The number of carbonyl (C=O) groups is 3. The first-order chi connectivity index (χ1) is 7.15. The molecule has 1 aromatic carbocycles. The minimum Gasteiger partial charge on any atom is -0.465 e. The molecule has 0 radical (unpaired) electrons. The number of rotatable bonds is 1. The number of hydrogen-bond donors (Lipinski definition) is 1. The van der Waals surface area contributed by atoms with Crippen molar-refractivity contribution in [2.24, 2.45) is 0 Å². The van der Waals surface area contributed by atoms with Gasteiger partial charge < -0.3 is 4.74 Å². The van der Waals surface area contributed by atoms with Crippen molar-refractivity contribution in [1.29, 1.82) is 0 Å². The fourth-order valence-electron chi connectivity index (χ4n) is 1.50. The molecule has 1 aromatic rings. The van der Waals surface area contributed by atoms with Crippen molar-refractivity contribution in [3.05, 3.63) is 34.9 Å². The molecule has 0 unspecified atom stereocenters. The van der Waals surface area contributed by atoms with Crippen LogP contribution in [0.5, 0.6) is 0 Å². The van der Waals surface area contributed by atoms with Crippen molar-refractivity contribution >= 4 is 17.8 Å². The van der Waals surface area contributed by atoms with Gasteiger partial charge in [-0.1, -0.05) is 6.07 Å². The molecular weight excluding hydrogens is 198 g/mol. The van der Waals surface area contributed by atoms with Crippen LogP contribution in [0.3, 0.4) is 0 Å². The average Bonchev–Trinajstić information content (AvgIpc) is 2.54. The van der Waals surface area contributed by atoms with Gasteiger partial charge in [-0.3, -0.25) is 14.9 Å². The fourth-order valence-corrected chi connectivity index (χ4v) is 1.50. The quantitative estimate of drug-likeness (QED) is 0.530. The van der Waals surface area contributed by atoms with Gasteiger partial charge in [0.2, 0.25) is 0 Å². The Bertz CT molecular complexity index is 478. The molecule has 0 bridgehead atoms. The lowest BCUT2D eigenvalue weighted by molar-refractivity contribution is 0.0596. The van der Waals surface area contributed by atoms with Crippen molar-refractivity contribution in [2.75, 3.05) is 7.11 Å². The van der Waals surface area contributed by atoms with E-state index in [0.717, 1.165) is 0 Å². The maximum absolute atomic E-state index is 11.4. The highest BCUT2D eigenvalue weighted by atomic mass is 16.5. The van der Waals surface area contributed by atoms with Crippen LogP contribution in [0.25, 0.3) is 0 Å². The normalized spacial score (nSPS) is 13.4. The molecule has 1 aliphatic heterocycles. The molecule has 5 nitrogen and oxygen atoms in total. The summed E-state index contributed by atoms with van der Waals surface area (Å²) in [6.07, 6.45) is 0. The SMILES string of the molecule is COC(=O)c1cccc2c1C(=O)NC2=O. The third-order valence-corrected chi connectivity index (χ3v) is 2.17. The minimum absolute atomic E-state index is 0.0920. The summed E-state index contributed by atoms with van der Waals surface area (Å²) < 4.78 is 4.51. The molecule has 0 aliphatic carbocycles. The van der Waals surface area contributed by atoms with Gasteiger partial charge in [-0.15, -0.1) is 0 Å². The van der Waals surface area contributed by atoms with E-state index in [4.69, 9.17) is 0 Å². The number of nitrogens with one attached hydrogen (secondary N) is 1. The lowest BCUT2D eigenvalue weighted by Crippen LogP contribution is -2.20. The molecule has 15 heavy (non-hydrogen) atoms. The molecule has 0 fully saturated rings. The predicted molar refractivity (Wildman–Crippen MR) is 49.6 cm³/mol. The molecule has 0 atom stereocenters. The Balaban J connectivity index is 2.65. The summed E-state index contributed by atoms with van der Waals surface area (Å²) in [7, 11) is 1.22. The molecule has 2 amide bonds. The molecule has 76 valence electrons. The molecule has 0 spiro atoms. The summed E-state index contributed by atoms with van der Waals surface area (Å²) in [5.74, 6) is -1.67. The van der Waals surface area contributed by atoms with Crippen LogP contribution in [-0.2, 0) is 4.74 Å². The largest absolute Gasteiger partial charge is 0.465 e. The number of ether oxygens (including phenoxy) is 1. The number of esters is 1.